The van der Waals surface area contributed by atoms with E-state index in [0.717, 1.165) is 28.6 Å². The average molecular weight is 479 g/mol. The smallest absolute Gasteiger partial charge is 0.332 e. The molecule has 6 rings (SSSR count). The fourth-order valence-electron chi connectivity index (χ4n) is 5.47. The number of aromatic nitrogens is 1. The van der Waals surface area contributed by atoms with Gasteiger partial charge < -0.3 is 15.2 Å². The third kappa shape index (κ3) is 3.31. The van der Waals surface area contributed by atoms with Crippen molar-refractivity contribution in [3.8, 4) is 0 Å². The van der Waals surface area contributed by atoms with Crippen molar-refractivity contribution >= 4 is 40.1 Å². The molecule has 7 nitrogen and oxygen atoms in total. The van der Waals surface area contributed by atoms with Crippen LogP contribution in [0.25, 0.3) is 10.9 Å². The summed E-state index contributed by atoms with van der Waals surface area (Å²) in [5.41, 5.74) is 5.43. The number of amides is 4. The summed E-state index contributed by atoms with van der Waals surface area (Å²) >= 11 is 0. The van der Waals surface area contributed by atoms with Crippen LogP contribution < -0.4 is 10.2 Å². The highest BCUT2D eigenvalue weighted by molar-refractivity contribution is 6.24. The molecule has 36 heavy (non-hydrogen) atoms. The number of aromatic amines is 1. The van der Waals surface area contributed by atoms with Crippen LogP contribution in [0, 0.1) is 0 Å². The van der Waals surface area contributed by atoms with Gasteiger partial charge in [-0.2, -0.15) is 0 Å². The van der Waals surface area contributed by atoms with Gasteiger partial charge in [-0.3, -0.25) is 9.59 Å². The number of imide groups is 1. The summed E-state index contributed by atoms with van der Waals surface area (Å²) in [4.78, 5) is 46.9. The van der Waals surface area contributed by atoms with Gasteiger partial charge in [-0.05, 0) is 54.8 Å². The molecule has 3 heterocycles. The number of rotatable bonds is 4. The first-order valence-corrected chi connectivity index (χ1v) is 12.2. The lowest BCUT2D eigenvalue weighted by Gasteiger charge is -2.33. The number of hydrogen-bond acceptors (Lipinski definition) is 3. The van der Waals surface area contributed by atoms with Crippen LogP contribution in [0.15, 0.2) is 72.8 Å². The second-order valence-electron chi connectivity index (χ2n) is 9.34. The highest BCUT2D eigenvalue weighted by atomic mass is 16.2. The van der Waals surface area contributed by atoms with E-state index in [0.29, 0.717) is 17.8 Å². The van der Waals surface area contributed by atoms with E-state index in [9.17, 15) is 14.4 Å². The maximum absolute atomic E-state index is 13.7. The van der Waals surface area contributed by atoms with Crippen LogP contribution in [0.2, 0.25) is 0 Å². The Hall–Kier alpha value is -4.39. The molecule has 0 spiro atoms. The molecule has 0 saturated carbocycles. The maximum Gasteiger partial charge on any atom is 0.332 e. The third-order valence-corrected chi connectivity index (χ3v) is 7.34. The Kier molecular flexibility index (Phi) is 5.14. The zero-order valence-corrected chi connectivity index (χ0v) is 20.1. The fourth-order valence-corrected chi connectivity index (χ4v) is 5.47. The van der Waals surface area contributed by atoms with Crippen molar-refractivity contribution in [3.05, 3.63) is 95.2 Å². The number of carbonyl (C=O) groups is 3. The highest BCUT2D eigenvalue weighted by Gasteiger charge is 2.52. The summed E-state index contributed by atoms with van der Waals surface area (Å²) in [6.07, 6.45) is 1.34. The van der Waals surface area contributed by atoms with Crippen molar-refractivity contribution in [2.75, 3.05) is 10.2 Å². The molecule has 1 fully saturated rings. The first-order valence-electron chi connectivity index (χ1n) is 12.2. The van der Waals surface area contributed by atoms with Crippen LogP contribution in [0.5, 0.6) is 0 Å². The number of urea groups is 1. The quantitative estimate of drug-likeness (QED) is 0.383. The van der Waals surface area contributed by atoms with Gasteiger partial charge >= 0.3 is 6.03 Å². The van der Waals surface area contributed by atoms with Gasteiger partial charge in [-0.15, -0.1) is 0 Å². The van der Waals surface area contributed by atoms with Gasteiger partial charge in [0, 0.05) is 28.7 Å². The van der Waals surface area contributed by atoms with Crippen LogP contribution in [-0.2, 0) is 17.6 Å². The van der Waals surface area contributed by atoms with Crippen molar-refractivity contribution in [3.63, 3.8) is 0 Å². The molecule has 1 aromatic heterocycles. The Morgan fingerprint density at radius 2 is 1.72 bits per heavy atom. The van der Waals surface area contributed by atoms with Crippen LogP contribution >= 0.6 is 0 Å². The summed E-state index contributed by atoms with van der Waals surface area (Å²) < 4.78 is 0. The number of nitrogens with zero attached hydrogens (tertiary/aromatic N) is 2. The van der Waals surface area contributed by atoms with Crippen molar-refractivity contribution in [1.29, 1.82) is 0 Å². The van der Waals surface area contributed by atoms with Crippen molar-refractivity contribution < 1.29 is 14.4 Å². The van der Waals surface area contributed by atoms with Crippen LogP contribution in [0.1, 0.15) is 47.1 Å². The zero-order valence-electron chi connectivity index (χ0n) is 20.1. The zero-order chi connectivity index (χ0) is 25.0. The van der Waals surface area contributed by atoms with Crippen molar-refractivity contribution in [2.24, 2.45) is 0 Å². The molecule has 4 aromatic rings. The number of carbonyl (C=O) groups excluding carboxylic acids is 3. The monoisotopic (exact) mass is 478 g/mol. The highest BCUT2D eigenvalue weighted by Crippen LogP contribution is 2.42. The number of aryl methyl sites for hydroxylation is 1. The van der Waals surface area contributed by atoms with Gasteiger partial charge in [-0.1, -0.05) is 49.4 Å². The molecule has 7 heteroatoms. The Bertz CT molecular complexity index is 1520. The van der Waals surface area contributed by atoms with E-state index in [4.69, 9.17) is 0 Å². The van der Waals surface area contributed by atoms with E-state index in [1.165, 1.54) is 10.5 Å². The normalized spacial score (nSPS) is 18.9. The van der Waals surface area contributed by atoms with E-state index in [1.54, 1.807) is 29.2 Å². The summed E-state index contributed by atoms with van der Waals surface area (Å²) in [5, 5.41) is 3.97. The summed E-state index contributed by atoms with van der Waals surface area (Å²) in [6, 6.07) is 21.1. The first-order chi connectivity index (χ1) is 17.5. The number of anilines is 2. The molecule has 0 radical (unpaired) electrons. The SMILES string of the molecule is CCc1ccc(NC(=O)c2ccccc2N2C(=O)C3Cc4c([nH]c5ccccc45)C(C)N3C2=O)cc1. The minimum Gasteiger partial charge on any atom is -0.356 e. The third-order valence-electron chi connectivity index (χ3n) is 7.34. The van der Waals surface area contributed by atoms with Gasteiger partial charge in [0.25, 0.3) is 11.8 Å². The second kappa shape index (κ2) is 8.37. The summed E-state index contributed by atoms with van der Waals surface area (Å²) in [5.74, 6) is -0.681. The Balaban J connectivity index is 1.33. The lowest BCUT2D eigenvalue weighted by atomic mass is 9.93. The molecule has 4 amide bonds. The summed E-state index contributed by atoms with van der Waals surface area (Å²) in [7, 11) is 0. The Labute approximate surface area is 208 Å². The fraction of sp³-hybridized carbons (Fsp3) is 0.207. The van der Waals surface area contributed by atoms with Gasteiger partial charge in [0.1, 0.15) is 6.04 Å². The molecule has 0 aliphatic carbocycles. The van der Waals surface area contributed by atoms with Gasteiger partial charge in [0.05, 0.1) is 17.3 Å². The molecule has 2 unspecified atom stereocenters. The molecule has 180 valence electrons. The minimum atomic E-state index is -0.614. The molecule has 0 bridgehead atoms. The van der Waals surface area contributed by atoms with Crippen molar-refractivity contribution in [2.45, 2.75) is 38.8 Å². The number of fused-ring (bicyclic) bond motifs is 4. The van der Waals surface area contributed by atoms with Crippen LogP contribution in [-0.4, -0.2) is 33.8 Å². The number of nitrogens with one attached hydrogen (secondary N) is 2. The van der Waals surface area contributed by atoms with Gasteiger partial charge in [0.15, 0.2) is 0 Å². The minimum absolute atomic E-state index is 0.273. The number of hydrogen-bond donors (Lipinski definition) is 2. The van der Waals surface area contributed by atoms with E-state index >= 15 is 0 Å². The molecular weight excluding hydrogens is 452 g/mol. The van der Waals surface area contributed by atoms with E-state index in [-0.39, 0.29) is 23.4 Å². The van der Waals surface area contributed by atoms with Crippen LogP contribution in [0.4, 0.5) is 16.2 Å². The van der Waals surface area contributed by atoms with Crippen molar-refractivity contribution in [1.82, 2.24) is 9.88 Å². The lowest BCUT2D eigenvalue weighted by molar-refractivity contribution is -0.120. The molecule has 1 saturated heterocycles. The number of H-pyrrole nitrogens is 1. The Morgan fingerprint density at radius 1 is 1.00 bits per heavy atom. The lowest BCUT2D eigenvalue weighted by Crippen LogP contribution is -2.42. The number of benzene rings is 3. The summed E-state index contributed by atoms with van der Waals surface area (Å²) in [6.45, 7) is 4.01. The molecular formula is C29H26N4O3. The van der Waals surface area contributed by atoms with E-state index in [1.807, 2.05) is 55.5 Å². The van der Waals surface area contributed by atoms with Gasteiger partial charge in [-0.25, -0.2) is 9.69 Å². The maximum atomic E-state index is 13.7. The van der Waals surface area contributed by atoms with Crippen LogP contribution in [0.3, 0.4) is 0 Å². The average Bonchev–Trinajstić information content (AvgIpc) is 3.40. The van der Waals surface area contributed by atoms with E-state index < -0.39 is 12.1 Å². The largest absolute Gasteiger partial charge is 0.356 e. The molecule has 2 atom stereocenters. The molecule has 3 aromatic carbocycles. The van der Waals surface area contributed by atoms with E-state index in [2.05, 4.69) is 17.2 Å². The Morgan fingerprint density at radius 3 is 2.50 bits per heavy atom. The second-order valence-corrected chi connectivity index (χ2v) is 9.34. The molecule has 2 aliphatic rings. The first kappa shape index (κ1) is 22.1. The predicted molar refractivity (Wildman–Crippen MR) is 139 cm³/mol. The predicted octanol–water partition coefficient (Wildman–Crippen LogP) is 5.44. The number of para-hydroxylation sites is 2. The topological polar surface area (TPSA) is 85.5 Å². The molecule has 2 N–H and O–H groups in total. The van der Waals surface area contributed by atoms with Gasteiger partial charge in [0.2, 0.25) is 0 Å². The standard InChI is InChI=1S/C29H26N4O3/c1-3-18-12-14-19(15-13-18)30-27(34)21-9-5-7-11-24(21)33-28(35)25-16-22-20-8-4-6-10-23(20)31-26(22)17(2)32(25)29(33)36/h4-15,17,25,31H,3,16H2,1-2H3,(H,30,34). The molecule has 2 aliphatic heterocycles.